The van der Waals surface area contributed by atoms with E-state index in [0.717, 1.165) is 24.3 Å². The molecule has 0 radical (unpaired) electrons. The lowest BCUT2D eigenvalue weighted by atomic mass is 9.99. The van der Waals surface area contributed by atoms with Crippen LogP contribution in [0.15, 0.2) is 17.7 Å². The number of nitrogens with two attached hydrogens (primary N) is 1. The first-order chi connectivity index (χ1) is 13.3. The van der Waals surface area contributed by atoms with Crippen LogP contribution in [0.2, 0.25) is 0 Å². The van der Waals surface area contributed by atoms with Gasteiger partial charge in [-0.25, -0.2) is 9.78 Å². The zero-order chi connectivity index (χ0) is 21.1. The van der Waals surface area contributed by atoms with Gasteiger partial charge in [-0.05, 0) is 18.8 Å². The number of esters is 1. The van der Waals surface area contributed by atoms with Gasteiger partial charge in [-0.1, -0.05) is 33.8 Å². The molecule has 0 spiro atoms. The van der Waals surface area contributed by atoms with E-state index in [1.165, 1.54) is 18.4 Å². The molecule has 7 nitrogen and oxygen atoms in total. The van der Waals surface area contributed by atoms with Crippen LogP contribution in [0.1, 0.15) is 62.0 Å². The highest BCUT2D eigenvalue weighted by molar-refractivity contribution is 7.09. The maximum Gasteiger partial charge on any atom is 0.357 e. The fourth-order valence-corrected chi connectivity index (χ4v) is 3.32. The van der Waals surface area contributed by atoms with Crippen LogP contribution in [0.25, 0.3) is 0 Å². The first kappa shape index (κ1) is 24.1. The number of allylic oxidation sites excluding steroid dienone is 1. The van der Waals surface area contributed by atoms with E-state index in [0.29, 0.717) is 30.8 Å². The molecule has 1 aromatic heterocycles. The smallest absolute Gasteiger partial charge is 0.357 e. The molecule has 8 heteroatoms. The molecule has 0 bridgehead atoms. The van der Waals surface area contributed by atoms with E-state index in [1.54, 1.807) is 10.3 Å². The second-order valence-electron chi connectivity index (χ2n) is 6.80. The lowest BCUT2D eigenvalue weighted by molar-refractivity contribution is -0.138. The Labute approximate surface area is 171 Å². The molecule has 2 N–H and O–H groups in total. The molecule has 0 saturated heterocycles. The molecule has 1 heterocycles. The van der Waals surface area contributed by atoms with Gasteiger partial charge in [0.15, 0.2) is 12.4 Å². The molecule has 0 aliphatic carbocycles. The van der Waals surface area contributed by atoms with Crippen molar-refractivity contribution in [3.05, 3.63) is 28.4 Å². The minimum absolute atomic E-state index is 0.0930. The summed E-state index contributed by atoms with van der Waals surface area (Å²) >= 11 is 1.41. The average Bonchev–Trinajstić information content (AvgIpc) is 3.17. The van der Waals surface area contributed by atoms with E-state index < -0.39 is 12.0 Å². The molecule has 158 valence electrons. The zero-order valence-electron chi connectivity index (χ0n) is 17.4. The molecule has 28 heavy (non-hydrogen) atoms. The third-order valence-corrected chi connectivity index (χ3v) is 5.48. The van der Waals surface area contributed by atoms with Crippen molar-refractivity contribution in [1.29, 1.82) is 0 Å². The number of nitrogens with zero attached hydrogens (tertiary/aromatic N) is 2. The van der Waals surface area contributed by atoms with Crippen LogP contribution in [0.3, 0.4) is 0 Å². The van der Waals surface area contributed by atoms with Crippen LogP contribution < -0.4 is 5.73 Å². The second-order valence-corrected chi connectivity index (χ2v) is 7.74. The van der Waals surface area contributed by atoms with Gasteiger partial charge in [-0.3, -0.25) is 4.79 Å². The Hall–Kier alpha value is -1.93. The summed E-state index contributed by atoms with van der Waals surface area (Å²) < 4.78 is 10.3. The van der Waals surface area contributed by atoms with E-state index in [1.807, 2.05) is 20.8 Å². The van der Waals surface area contributed by atoms with Crippen LogP contribution in [-0.2, 0) is 20.7 Å². The van der Waals surface area contributed by atoms with Gasteiger partial charge in [0.05, 0.1) is 23.9 Å². The number of aryl methyl sites for hydroxylation is 1. The predicted octanol–water partition coefficient (Wildman–Crippen LogP) is 3.35. The van der Waals surface area contributed by atoms with Crippen LogP contribution >= 0.6 is 11.3 Å². The summed E-state index contributed by atoms with van der Waals surface area (Å²) in [6.45, 7) is 10.6. The first-order valence-corrected chi connectivity index (χ1v) is 10.6. The number of ether oxygens (including phenoxy) is 2. The van der Waals surface area contributed by atoms with Crippen molar-refractivity contribution in [3.63, 3.8) is 0 Å². The van der Waals surface area contributed by atoms with Crippen molar-refractivity contribution >= 4 is 23.2 Å². The number of methoxy groups -OCH3 is 1. The first-order valence-electron chi connectivity index (χ1n) is 9.71. The van der Waals surface area contributed by atoms with Crippen molar-refractivity contribution in [2.75, 3.05) is 20.4 Å². The van der Waals surface area contributed by atoms with Crippen molar-refractivity contribution in [3.8, 4) is 0 Å². The molecule has 1 amide bonds. The van der Waals surface area contributed by atoms with E-state index in [9.17, 15) is 9.59 Å². The summed E-state index contributed by atoms with van der Waals surface area (Å²) in [5.74, 6) is 0.199. The monoisotopic (exact) mass is 411 g/mol. The highest BCUT2D eigenvalue weighted by Gasteiger charge is 2.25. The summed E-state index contributed by atoms with van der Waals surface area (Å²) in [5.41, 5.74) is 6.45. The third-order valence-electron chi connectivity index (χ3n) is 4.57. The number of carbonyl (C=O) groups excluding carboxylic acids is 2. The third kappa shape index (κ3) is 7.59. The van der Waals surface area contributed by atoms with Gasteiger partial charge in [0.25, 0.3) is 0 Å². The molecule has 0 aliphatic rings. The Kier molecular flexibility index (Phi) is 10.8. The van der Waals surface area contributed by atoms with Crippen LogP contribution in [0.5, 0.6) is 0 Å². The van der Waals surface area contributed by atoms with E-state index in [4.69, 9.17) is 10.5 Å². The van der Waals surface area contributed by atoms with E-state index >= 15 is 0 Å². The standard InChI is InChI=1S/C20H33N3O4S/c1-6-9-15(4)27-13-23(19(24)18(21)14(3)7-2)11-8-10-17-22-16(12-28-17)20(25)26-5/h12,14,18H,4,6-11,13,21H2,1-3,5H3. The molecule has 2 unspecified atom stereocenters. The Morgan fingerprint density at radius 3 is 2.71 bits per heavy atom. The minimum atomic E-state index is -0.557. The van der Waals surface area contributed by atoms with E-state index in [2.05, 4.69) is 16.3 Å². The van der Waals surface area contributed by atoms with Crippen molar-refractivity contribution in [1.82, 2.24) is 9.88 Å². The van der Waals surface area contributed by atoms with E-state index in [-0.39, 0.29) is 18.6 Å². The topological polar surface area (TPSA) is 94.7 Å². The highest BCUT2D eigenvalue weighted by atomic mass is 32.1. The molecular weight excluding hydrogens is 378 g/mol. The number of hydrogen-bond donors (Lipinski definition) is 1. The van der Waals surface area contributed by atoms with Crippen molar-refractivity contribution in [2.24, 2.45) is 11.7 Å². The molecule has 0 saturated carbocycles. The number of rotatable bonds is 13. The summed E-state index contributed by atoms with van der Waals surface area (Å²) in [6.07, 6.45) is 3.87. The molecule has 1 aromatic rings. The van der Waals surface area contributed by atoms with Gasteiger partial charge in [-0.2, -0.15) is 0 Å². The molecule has 2 atom stereocenters. The maximum absolute atomic E-state index is 12.8. The van der Waals surface area contributed by atoms with Crippen LogP contribution in [0, 0.1) is 5.92 Å². The molecule has 1 rings (SSSR count). The molecular formula is C20H33N3O4S. The summed E-state index contributed by atoms with van der Waals surface area (Å²) in [4.78, 5) is 30.2. The Bertz CT molecular complexity index is 647. The normalized spacial score (nSPS) is 12.9. The fraction of sp³-hybridized carbons (Fsp3) is 0.650. The average molecular weight is 412 g/mol. The predicted molar refractivity (Wildman–Crippen MR) is 111 cm³/mol. The largest absolute Gasteiger partial charge is 0.478 e. The quantitative estimate of drug-likeness (QED) is 0.304. The second kappa shape index (κ2) is 12.5. The maximum atomic E-state index is 12.8. The SMILES string of the molecule is C=C(CCC)OCN(CCCc1nc(C(=O)OC)cs1)C(=O)C(N)C(C)CC. The van der Waals surface area contributed by atoms with Gasteiger partial charge < -0.3 is 20.1 Å². The zero-order valence-corrected chi connectivity index (χ0v) is 18.2. The van der Waals surface area contributed by atoms with Gasteiger partial charge in [0.1, 0.15) is 0 Å². The lowest BCUT2D eigenvalue weighted by Gasteiger charge is -2.28. The summed E-state index contributed by atoms with van der Waals surface area (Å²) in [5, 5.41) is 2.51. The molecule has 0 aromatic carbocycles. The Morgan fingerprint density at radius 1 is 1.39 bits per heavy atom. The highest BCUT2D eigenvalue weighted by Crippen LogP contribution is 2.15. The Balaban J connectivity index is 2.67. The number of carbonyl (C=O) groups is 2. The molecule has 0 fully saturated rings. The van der Waals surface area contributed by atoms with Crippen LogP contribution in [0.4, 0.5) is 0 Å². The number of thiazole rings is 1. The fourth-order valence-electron chi connectivity index (χ4n) is 2.51. The summed E-state index contributed by atoms with van der Waals surface area (Å²) in [6, 6.07) is -0.557. The van der Waals surface area contributed by atoms with Crippen molar-refractivity contribution in [2.45, 2.75) is 58.9 Å². The van der Waals surface area contributed by atoms with Gasteiger partial charge in [0.2, 0.25) is 5.91 Å². The number of hydrogen-bond acceptors (Lipinski definition) is 7. The summed E-state index contributed by atoms with van der Waals surface area (Å²) in [7, 11) is 1.33. The van der Waals surface area contributed by atoms with Gasteiger partial charge >= 0.3 is 5.97 Å². The molecule has 0 aliphatic heterocycles. The lowest BCUT2D eigenvalue weighted by Crippen LogP contribution is -2.48. The minimum Gasteiger partial charge on any atom is -0.478 e. The van der Waals surface area contributed by atoms with Crippen LogP contribution in [-0.4, -0.2) is 48.2 Å². The van der Waals surface area contributed by atoms with Gasteiger partial charge in [-0.15, -0.1) is 11.3 Å². The Morgan fingerprint density at radius 2 is 2.11 bits per heavy atom. The number of aromatic nitrogens is 1. The van der Waals surface area contributed by atoms with Gasteiger partial charge in [0, 0.05) is 24.8 Å². The van der Waals surface area contributed by atoms with Crippen molar-refractivity contribution < 1.29 is 19.1 Å². The number of amides is 1.